The summed E-state index contributed by atoms with van der Waals surface area (Å²) >= 11 is 0. The lowest BCUT2D eigenvalue weighted by molar-refractivity contribution is 0.279. The van der Waals surface area contributed by atoms with Gasteiger partial charge in [0.1, 0.15) is 5.75 Å². The first kappa shape index (κ1) is 11.9. The Bertz CT molecular complexity index is 669. The Kier molecular flexibility index (Phi) is 2.81. The second-order valence-electron chi connectivity index (χ2n) is 4.68. The van der Waals surface area contributed by atoms with Crippen LogP contribution in [-0.2, 0) is 0 Å². The van der Waals surface area contributed by atoms with Gasteiger partial charge in [0.2, 0.25) is 5.75 Å². The van der Waals surface area contributed by atoms with E-state index in [0.29, 0.717) is 29.4 Å². The number of hydrogen-bond acceptors (Lipinski definition) is 5. The fourth-order valence-electron chi connectivity index (χ4n) is 1.95. The molecular weight excluding hydrogens is 248 g/mol. The van der Waals surface area contributed by atoms with Crippen LogP contribution in [0.4, 0.5) is 0 Å². The van der Waals surface area contributed by atoms with Crippen molar-refractivity contribution in [3.05, 3.63) is 28.6 Å². The fourth-order valence-corrected chi connectivity index (χ4v) is 1.95. The van der Waals surface area contributed by atoms with Gasteiger partial charge in [-0.25, -0.2) is 4.79 Å². The predicted molar refractivity (Wildman–Crippen MR) is 68.9 cm³/mol. The summed E-state index contributed by atoms with van der Waals surface area (Å²) in [6.07, 6.45) is 2.31. The highest BCUT2D eigenvalue weighted by Crippen LogP contribution is 2.39. The lowest BCUT2D eigenvalue weighted by Crippen LogP contribution is -2.03. The van der Waals surface area contributed by atoms with E-state index in [9.17, 15) is 9.90 Å². The molecule has 1 aromatic carbocycles. The third kappa shape index (κ3) is 2.23. The molecule has 1 saturated carbocycles. The van der Waals surface area contributed by atoms with Crippen LogP contribution in [0.5, 0.6) is 17.2 Å². The first-order valence-electron chi connectivity index (χ1n) is 6.15. The summed E-state index contributed by atoms with van der Waals surface area (Å²) in [6.45, 7) is 0.564. The first-order chi connectivity index (χ1) is 9.19. The second kappa shape index (κ2) is 4.50. The van der Waals surface area contributed by atoms with Crippen molar-refractivity contribution in [3.8, 4) is 17.2 Å². The van der Waals surface area contributed by atoms with Crippen LogP contribution in [-0.4, -0.2) is 18.8 Å². The van der Waals surface area contributed by atoms with Gasteiger partial charge < -0.3 is 19.0 Å². The van der Waals surface area contributed by atoms with E-state index in [1.807, 2.05) is 0 Å². The maximum absolute atomic E-state index is 11.4. The molecule has 1 fully saturated rings. The molecule has 0 bridgehead atoms. The maximum atomic E-state index is 11.4. The van der Waals surface area contributed by atoms with Crippen LogP contribution in [0.3, 0.4) is 0 Å². The third-order valence-corrected chi connectivity index (χ3v) is 3.19. The molecular formula is C14H14O5. The summed E-state index contributed by atoms with van der Waals surface area (Å²) in [7, 11) is 1.52. The van der Waals surface area contributed by atoms with Gasteiger partial charge in [0.05, 0.1) is 25.2 Å². The van der Waals surface area contributed by atoms with Crippen LogP contribution in [0.15, 0.2) is 27.4 Å². The zero-order valence-electron chi connectivity index (χ0n) is 10.5. The Morgan fingerprint density at radius 1 is 1.42 bits per heavy atom. The summed E-state index contributed by atoms with van der Waals surface area (Å²) in [5.74, 6) is 1.30. The SMILES string of the molecule is COc1ccc2c(O)cc(=O)oc2c1OCC1CC1. The molecule has 3 rings (SSSR count). The largest absolute Gasteiger partial charge is 0.507 e. The number of aromatic hydroxyl groups is 1. The van der Waals surface area contributed by atoms with Crippen LogP contribution in [0.2, 0.25) is 0 Å². The van der Waals surface area contributed by atoms with Gasteiger partial charge in [-0.05, 0) is 30.9 Å². The summed E-state index contributed by atoms with van der Waals surface area (Å²) in [5, 5.41) is 10.2. The third-order valence-electron chi connectivity index (χ3n) is 3.19. The van der Waals surface area contributed by atoms with E-state index < -0.39 is 5.63 Å². The van der Waals surface area contributed by atoms with E-state index in [1.54, 1.807) is 12.1 Å². The molecule has 1 N–H and O–H groups in total. The van der Waals surface area contributed by atoms with Gasteiger partial charge in [0, 0.05) is 0 Å². The van der Waals surface area contributed by atoms with Crippen molar-refractivity contribution in [3.63, 3.8) is 0 Å². The van der Waals surface area contributed by atoms with E-state index in [2.05, 4.69) is 0 Å². The molecule has 1 aliphatic carbocycles. The van der Waals surface area contributed by atoms with Gasteiger partial charge in [0.15, 0.2) is 11.3 Å². The quantitative estimate of drug-likeness (QED) is 0.856. The zero-order chi connectivity index (χ0) is 13.4. The van der Waals surface area contributed by atoms with Gasteiger partial charge in [-0.15, -0.1) is 0 Å². The molecule has 1 aromatic heterocycles. The summed E-state index contributed by atoms with van der Waals surface area (Å²) in [4.78, 5) is 11.4. The van der Waals surface area contributed by atoms with Crippen molar-refractivity contribution in [2.45, 2.75) is 12.8 Å². The van der Waals surface area contributed by atoms with Crippen molar-refractivity contribution >= 4 is 11.0 Å². The maximum Gasteiger partial charge on any atom is 0.340 e. The average Bonchev–Trinajstić information content (AvgIpc) is 3.19. The van der Waals surface area contributed by atoms with Gasteiger partial charge in [-0.1, -0.05) is 0 Å². The number of rotatable bonds is 4. The Balaban J connectivity index is 2.14. The van der Waals surface area contributed by atoms with Gasteiger partial charge >= 0.3 is 5.63 Å². The van der Waals surface area contributed by atoms with Crippen LogP contribution in [0.1, 0.15) is 12.8 Å². The lowest BCUT2D eigenvalue weighted by atomic mass is 10.2. The summed E-state index contributed by atoms with van der Waals surface area (Å²) in [5.41, 5.74) is -0.389. The molecule has 1 heterocycles. The van der Waals surface area contributed by atoms with Crippen LogP contribution in [0, 0.1) is 5.92 Å². The average molecular weight is 262 g/mol. The minimum atomic E-state index is -0.616. The van der Waals surface area contributed by atoms with Crippen molar-refractivity contribution in [2.24, 2.45) is 5.92 Å². The Hall–Kier alpha value is -2.17. The lowest BCUT2D eigenvalue weighted by Gasteiger charge is -2.12. The molecule has 0 saturated heterocycles. The van der Waals surface area contributed by atoms with Crippen molar-refractivity contribution < 1.29 is 19.0 Å². The molecule has 0 atom stereocenters. The molecule has 0 spiro atoms. The normalized spacial score (nSPS) is 14.6. The molecule has 0 radical (unpaired) electrons. The van der Waals surface area contributed by atoms with E-state index in [1.165, 1.54) is 7.11 Å². The highest BCUT2D eigenvalue weighted by molar-refractivity contribution is 5.89. The standard InChI is InChI=1S/C14H14O5/c1-17-11-5-4-9-10(15)6-12(16)19-13(9)14(11)18-7-8-2-3-8/h4-6,8,15H,2-3,7H2,1H3. The van der Waals surface area contributed by atoms with E-state index >= 15 is 0 Å². The Morgan fingerprint density at radius 3 is 2.89 bits per heavy atom. The minimum absolute atomic E-state index is 0.120. The molecule has 0 aliphatic heterocycles. The topological polar surface area (TPSA) is 68.9 Å². The van der Waals surface area contributed by atoms with Crippen molar-refractivity contribution in [1.82, 2.24) is 0 Å². The molecule has 0 amide bonds. The molecule has 0 unspecified atom stereocenters. The summed E-state index contributed by atoms with van der Waals surface area (Å²) in [6, 6.07) is 4.36. The van der Waals surface area contributed by atoms with Crippen LogP contribution >= 0.6 is 0 Å². The molecule has 5 nitrogen and oxygen atoms in total. The van der Waals surface area contributed by atoms with E-state index in [-0.39, 0.29) is 11.3 Å². The van der Waals surface area contributed by atoms with Gasteiger partial charge in [-0.2, -0.15) is 0 Å². The zero-order valence-corrected chi connectivity index (χ0v) is 10.5. The Labute approximate surface area is 109 Å². The molecule has 1 aliphatic rings. The van der Waals surface area contributed by atoms with Crippen LogP contribution in [0.25, 0.3) is 11.0 Å². The number of fused-ring (bicyclic) bond motifs is 1. The number of ether oxygens (including phenoxy) is 2. The van der Waals surface area contributed by atoms with E-state index in [0.717, 1.165) is 18.9 Å². The van der Waals surface area contributed by atoms with Gasteiger partial charge in [-0.3, -0.25) is 0 Å². The second-order valence-corrected chi connectivity index (χ2v) is 4.68. The molecule has 100 valence electrons. The Morgan fingerprint density at radius 2 is 2.21 bits per heavy atom. The minimum Gasteiger partial charge on any atom is -0.507 e. The molecule has 2 aromatic rings. The number of benzene rings is 1. The highest BCUT2D eigenvalue weighted by Gasteiger charge is 2.24. The smallest absolute Gasteiger partial charge is 0.340 e. The monoisotopic (exact) mass is 262 g/mol. The van der Waals surface area contributed by atoms with Crippen LogP contribution < -0.4 is 15.1 Å². The number of methoxy groups -OCH3 is 1. The number of hydrogen-bond donors (Lipinski definition) is 1. The highest BCUT2D eigenvalue weighted by atomic mass is 16.5. The summed E-state index contributed by atoms with van der Waals surface area (Å²) < 4.78 is 16.1. The van der Waals surface area contributed by atoms with Crippen molar-refractivity contribution in [1.29, 1.82) is 0 Å². The fraction of sp³-hybridized carbons (Fsp3) is 0.357. The van der Waals surface area contributed by atoms with E-state index in [4.69, 9.17) is 13.9 Å². The molecule has 19 heavy (non-hydrogen) atoms. The van der Waals surface area contributed by atoms with Crippen molar-refractivity contribution in [2.75, 3.05) is 13.7 Å². The molecule has 5 heteroatoms. The first-order valence-corrected chi connectivity index (χ1v) is 6.15. The van der Waals surface area contributed by atoms with Gasteiger partial charge in [0.25, 0.3) is 0 Å². The predicted octanol–water partition coefficient (Wildman–Crippen LogP) is 2.30.